The van der Waals surface area contributed by atoms with Gasteiger partial charge in [0.2, 0.25) is 0 Å². The molecule has 3 N–H and O–H groups in total. The third-order valence-electron chi connectivity index (χ3n) is 3.01. The maximum atomic E-state index is 5.71. The third-order valence-corrected chi connectivity index (χ3v) is 4.30. The van der Waals surface area contributed by atoms with E-state index in [0.717, 1.165) is 17.7 Å². The molecule has 0 spiro atoms. The minimum atomic E-state index is 0.0426. The molecule has 19 heavy (non-hydrogen) atoms. The topological polar surface area (TPSA) is 47.3 Å². The monoisotopic (exact) mass is 276 g/mol. The minimum Gasteiger partial charge on any atom is -0.494 e. The van der Waals surface area contributed by atoms with Gasteiger partial charge in [-0.1, -0.05) is 19.1 Å². The van der Waals surface area contributed by atoms with Gasteiger partial charge in [0.05, 0.1) is 12.6 Å². The molecule has 2 aromatic rings. The molecule has 0 saturated heterocycles. The number of hydrogen-bond acceptors (Lipinski definition) is 4. The first-order valence-electron chi connectivity index (χ1n) is 6.56. The summed E-state index contributed by atoms with van der Waals surface area (Å²) in [4.78, 5) is 2.62. The van der Waals surface area contributed by atoms with E-state index in [9.17, 15) is 0 Å². The molecule has 3 nitrogen and oxygen atoms in total. The molecular formula is C15H20N2OS. The zero-order valence-corrected chi connectivity index (χ0v) is 12.2. The van der Waals surface area contributed by atoms with Gasteiger partial charge in [0.25, 0.3) is 0 Å². The molecule has 0 aliphatic carbocycles. The number of benzene rings is 1. The normalized spacial score (nSPS) is 12.4. The second kappa shape index (κ2) is 6.70. The first-order chi connectivity index (χ1) is 9.28. The van der Waals surface area contributed by atoms with E-state index < -0.39 is 0 Å². The molecule has 1 aromatic heterocycles. The molecule has 0 aliphatic heterocycles. The molecule has 0 radical (unpaired) electrons. The van der Waals surface area contributed by atoms with Crippen LogP contribution in [0.5, 0.6) is 5.75 Å². The van der Waals surface area contributed by atoms with Gasteiger partial charge in [-0.3, -0.25) is 5.84 Å². The van der Waals surface area contributed by atoms with E-state index in [1.54, 1.807) is 11.3 Å². The predicted octanol–water partition coefficient (Wildman–Crippen LogP) is 3.26. The summed E-state index contributed by atoms with van der Waals surface area (Å²) in [6.45, 7) is 4.83. The van der Waals surface area contributed by atoms with Gasteiger partial charge in [0.1, 0.15) is 5.75 Å². The van der Waals surface area contributed by atoms with Gasteiger partial charge in [-0.2, -0.15) is 0 Å². The average molecular weight is 276 g/mol. The standard InChI is InChI=1S/C15H20N2OS/c1-3-13-9-10-14(19-13)15(17-16)11-5-7-12(8-6-11)18-4-2/h5-10,15,17H,3-4,16H2,1-2H3. The zero-order valence-electron chi connectivity index (χ0n) is 11.3. The number of hydrogen-bond donors (Lipinski definition) is 2. The van der Waals surface area contributed by atoms with Crippen molar-refractivity contribution in [1.82, 2.24) is 5.43 Å². The lowest BCUT2D eigenvalue weighted by atomic mass is 10.1. The number of thiophene rings is 1. The summed E-state index contributed by atoms with van der Waals surface area (Å²) in [6.07, 6.45) is 1.06. The molecule has 1 unspecified atom stereocenters. The van der Waals surface area contributed by atoms with E-state index in [1.165, 1.54) is 9.75 Å². The van der Waals surface area contributed by atoms with E-state index in [1.807, 2.05) is 19.1 Å². The van der Waals surface area contributed by atoms with Crippen LogP contribution in [-0.2, 0) is 6.42 Å². The molecule has 102 valence electrons. The smallest absolute Gasteiger partial charge is 0.119 e. The Labute approximate surface area is 118 Å². The van der Waals surface area contributed by atoms with Crippen LogP contribution < -0.4 is 16.0 Å². The maximum Gasteiger partial charge on any atom is 0.119 e. The van der Waals surface area contributed by atoms with Crippen molar-refractivity contribution in [3.8, 4) is 5.75 Å². The van der Waals surface area contributed by atoms with Crippen molar-refractivity contribution in [2.45, 2.75) is 26.3 Å². The third kappa shape index (κ3) is 3.35. The second-order valence-corrected chi connectivity index (χ2v) is 5.46. The molecule has 0 saturated carbocycles. The Bertz CT molecular complexity index is 507. The molecule has 0 bridgehead atoms. The number of nitrogens with two attached hydrogens (primary N) is 1. The van der Waals surface area contributed by atoms with E-state index in [0.29, 0.717) is 6.61 Å². The van der Waals surface area contributed by atoms with Crippen LogP contribution in [0.1, 0.15) is 35.2 Å². The summed E-state index contributed by atoms with van der Waals surface area (Å²) >= 11 is 1.80. The summed E-state index contributed by atoms with van der Waals surface area (Å²) in [7, 11) is 0. The number of hydrazine groups is 1. The van der Waals surface area contributed by atoms with E-state index >= 15 is 0 Å². The molecular weight excluding hydrogens is 256 g/mol. The lowest BCUT2D eigenvalue weighted by Gasteiger charge is -2.15. The first kappa shape index (κ1) is 14.1. The Kier molecular flexibility index (Phi) is 4.96. The summed E-state index contributed by atoms with van der Waals surface area (Å²) in [5.41, 5.74) is 4.04. The zero-order chi connectivity index (χ0) is 13.7. The molecule has 1 aromatic carbocycles. The summed E-state index contributed by atoms with van der Waals surface area (Å²) < 4.78 is 5.45. The highest BCUT2D eigenvalue weighted by molar-refractivity contribution is 7.12. The van der Waals surface area contributed by atoms with Gasteiger partial charge in [-0.05, 0) is 43.2 Å². The fraction of sp³-hybridized carbons (Fsp3) is 0.333. The fourth-order valence-corrected chi connectivity index (χ4v) is 3.05. The highest BCUT2D eigenvalue weighted by Gasteiger charge is 2.14. The SMILES string of the molecule is CCOc1ccc(C(NN)c2ccc(CC)s2)cc1. The molecule has 1 atom stereocenters. The van der Waals surface area contributed by atoms with Gasteiger partial charge < -0.3 is 4.74 Å². The van der Waals surface area contributed by atoms with Crippen molar-refractivity contribution in [2.24, 2.45) is 5.84 Å². The van der Waals surface area contributed by atoms with Crippen LogP contribution in [-0.4, -0.2) is 6.61 Å². The fourth-order valence-electron chi connectivity index (χ4n) is 2.01. The Hall–Kier alpha value is -1.36. The predicted molar refractivity (Wildman–Crippen MR) is 80.5 cm³/mol. The van der Waals surface area contributed by atoms with Gasteiger partial charge >= 0.3 is 0 Å². The highest BCUT2D eigenvalue weighted by atomic mass is 32.1. The number of aryl methyl sites for hydroxylation is 1. The number of rotatable bonds is 6. The summed E-state index contributed by atoms with van der Waals surface area (Å²) in [5, 5.41) is 0. The lowest BCUT2D eigenvalue weighted by Crippen LogP contribution is -2.28. The first-order valence-corrected chi connectivity index (χ1v) is 7.37. The van der Waals surface area contributed by atoms with Crippen LogP contribution in [0.3, 0.4) is 0 Å². The molecule has 0 fully saturated rings. The van der Waals surface area contributed by atoms with Gasteiger partial charge in [0.15, 0.2) is 0 Å². The maximum absolute atomic E-state index is 5.71. The minimum absolute atomic E-state index is 0.0426. The van der Waals surface area contributed by atoms with Gasteiger partial charge in [-0.25, -0.2) is 5.43 Å². The Morgan fingerprint density at radius 2 is 1.89 bits per heavy atom. The molecule has 1 heterocycles. The molecule has 0 amide bonds. The molecule has 4 heteroatoms. The second-order valence-electron chi connectivity index (χ2n) is 4.26. The van der Waals surface area contributed by atoms with Crippen molar-refractivity contribution in [1.29, 1.82) is 0 Å². The average Bonchev–Trinajstić information content (AvgIpc) is 2.91. The molecule has 0 aliphatic rings. The van der Waals surface area contributed by atoms with Gasteiger partial charge in [0, 0.05) is 9.75 Å². The van der Waals surface area contributed by atoms with Crippen LogP contribution in [0.15, 0.2) is 36.4 Å². The van der Waals surface area contributed by atoms with E-state index in [-0.39, 0.29) is 6.04 Å². The Balaban J connectivity index is 2.21. The number of nitrogens with one attached hydrogen (secondary N) is 1. The van der Waals surface area contributed by atoms with E-state index in [4.69, 9.17) is 10.6 Å². The summed E-state index contributed by atoms with van der Waals surface area (Å²) in [5.74, 6) is 6.60. The van der Waals surface area contributed by atoms with Crippen LogP contribution in [0.2, 0.25) is 0 Å². The number of ether oxygens (including phenoxy) is 1. The van der Waals surface area contributed by atoms with Crippen molar-refractivity contribution in [2.75, 3.05) is 6.61 Å². The van der Waals surface area contributed by atoms with Crippen LogP contribution in [0.25, 0.3) is 0 Å². The van der Waals surface area contributed by atoms with Crippen molar-refractivity contribution < 1.29 is 4.74 Å². The van der Waals surface area contributed by atoms with Crippen molar-refractivity contribution in [3.05, 3.63) is 51.7 Å². The van der Waals surface area contributed by atoms with Crippen molar-refractivity contribution >= 4 is 11.3 Å². The largest absolute Gasteiger partial charge is 0.494 e. The highest BCUT2D eigenvalue weighted by Crippen LogP contribution is 2.29. The van der Waals surface area contributed by atoms with E-state index in [2.05, 4.69) is 36.6 Å². The Morgan fingerprint density at radius 1 is 1.16 bits per heavy atom. The summed E-state index contributed by atoms with van der Waals surface area (Å²) in [6, 6.07) is 12.4. The van der Waals surface area contributed by atoms with Crippen LogP contribution in [0.4, 0.5) is 0 Å². The van der Waals surface area contributed by atoms with Gasteiger partial charge in [-0.15, -0.1) is 11.3 Å². The van der Waals surface area contributed by atoms with Crippen LogP contribution >= 0.6 is 11.3 Å². The molecule has 2 rings (SSSR count). The quantitative estimate of drug-likeness (QED) is 0.629. The van der Waals surface area contributed by atoms with Crippen molar-refractivity contribution in [3.63, 3.8) is 0 Å². The Morgan fingerprint density at radius 3 is 2.42 bits per heavy atom. The lowest BCUT2D eigenvalue weighted by molar-refractivity contribution is 0.340. The van der Waals surface area contributed by atoms with Crippen LogP contribution in [0, 0.1) is 0 Å².